The monoisotopic (exact) mass is 348 g/mol. The van der Waals surface area contributed by atoms with Gasteiger partial charge in [0.05, 0.1) is 19.3 Å². The average molecular weight is 348 g/mol. The zero-order valence-corrected chi connectivity index (χ0v) is 16.0. The Hall–Kier alpha value is -1.91. The van der Waals surface area contributed by atoms with Crippen LogP contribution >= 0.6 is 0 Å². The van der Waals surface area contributed by atoms with Crippen LogP contribution in [0.3, 0.4) is 0 Å². The summed E-state index contributed by atoms with van der Waals surface area (Å²) in [4.78, 5) is 14.3. The lowest BCUT2D eigenvalue weighted by Gasteiger charge is -2.22. The van der Waals surface area contributed by atoms with Crippen LogP contribution in [0, 0.1) is 5.92 Å². The van der Waals surface area contributed by atoms with Crippen molar-refractivity contribution in [1.29, 1.82) is 0 Å². The van der Waals surface area contributed by atoms with E-state index in [2.05, 4.69) is 26.1 Å². The SMILES string of the molecule is CCCOc1ccc(C(C)NC(=O)N2CCC(C)C2)cc1OCCC. The number of hydrogen-bond acceptors (Lipinski definition) is 3. The van der Waals surface area contributed by atoms with Gasteiger partial charge in [-0.25, -0.2) is 4.79 Å². The van der Waals surface area contributed by atoms with Crippen LogP contribution < -0.4 is 14.8 Å². The van der Waals surface area contributed by atoms with Crippen molar-refractivity contribution in [3.8, 4) is 11.5 Å². The standard InChI is InChI=1S/C20H32N2O3/c1-5-11-24-18-8-7-17(13-19(18)25-12-6-2)16(4)21-20(23)22-10-9-15(3)14-22/h7-8,13,15-16H,5-6,9-12,14H2,1-4H3,(H,21,23). The molecule has 25 heavy (non-hydrogen) atoms. The molecule has 0 aromatic heterocycles. The second-order valence-corrected chi connectivity index (χ2v) is 6.91. The minimum absolute atomic E-state index is 0.0131. The van der Waals surface area contributed by atoms with Crippen LogP contribution in [0.15, 0.2) is 18.2 Å². The molecular weight excluding hydrogens is 316 g/mol. The first-order chi connectivity index (χ1) is 12.0. The molecule has 1 N–H and O–H groups in total. The average Bonchev–Trinajstić information content (AvgIpc) is 3.05. The Kier molecular flexibility index (Phi) is 7.41. The number of carbonyl (C=O) groups excluding carboxylic acids is 1. The van der Waals surface area contributed by atoms with Gasteiger partial charge in [-0.1, -0.05) is 26.8 Å². The van der Waals surface area contributed by atoms with E-state index in [4.69, 9.17) is 9.47 Å². The first-order valence-electron chi connectivity index (χ1n) is 9.50. The van der Waals surface area contributed by atoms with Gasteiger partial charge in [-0.05, 0) is 49.8 Å². The molecule has 2 amide bonds. The van der Waals surface area contributed by atoms with Gasteiger partial charge >= 0.3 is 6.03 Å². The van der Waals surface area contributed by atoms with Crippen LogP contribution in [-0.4, -0.2) is 37.2 Å². The molecule has 1 fully saturated rings. The van der Waals surface area contributed by atoms with E-state index in [0.717, 1.165) is 49.4 Å². The third-order valence-electron chi connectivity index (χ3n) is 4.44. The minimum atomic E-state index is -0.0763. The molecule has 2 atom stereocenters. The Morgan fingerprint density at radius 2 is 1.92 bits per heavy atom. The summed E-state index contributed by atoms with van der Waals surface area (Å²) in [6.07, 6.45) is 2.98. The number of ether oxygens (including phenoxy) is 2. The highest BCUT2D eigenvalue weighted by Gasteiger charge is 2.24. The normalized spacial score (nSPS) is 18.1. The van der Waals surface area contributed by atoms with Crippen molar-refractivity contribution < 1.29 is 14.3 Å². The van der Waals surface area contributed by atoms with Gasteiger partial charge in [-0.15, -0.1) is 0 Å². The van der Waals surface area contributed by atoms with E-state index in [-0.39, 0.29) is 12.1 Å². The number of hydrogen-bond donors (Lipinski definition) is 1. The van der Waals surface area contributed by atoms with E-state index in [1.54, 1.807) is 0 Å². The third kappa shape index (κ3) is 5.55. The van der Waals surface area contributed by atoms with E-state index in [1.807, 2.05) is 30.0 Å². The van der Waals surface area contributed by atoms with E-state index >= 15 is 0 Å². The lowest BCUT2D eigenvalue weighted by molar-refractivity contribution is 0.204. The molecule has 0 saturated carbocycles. The molecule has 1 saturated heterocycles. The smallest absolute Gasteiger partial charge is 0.317 e. The van der Waals surface area contributed by atoms with Gasteiger partial charge in [0.15, 0.2) is 11.5 Å². The quantitative estimate of drug-likeness (QED) is 0.758. The molecule has 1 aromatic carbocycles. The molecule has 5 heteroatoms. The largest absolute Gasteiger partial charge is 0.490 e. The molecule has 1 aliphatic heterocycles. The van der Waals surface area contributed by atoms with Crippen molar-refractivity contribution in [2.75, 3.05) is 26.3 Å². The van der Waals surface area contributed by atoms with Crippen molar-refractivity contribution in [3.05, 3.63) is 23.8 Å². The highest BCUT2D eigenvalue weighted by Crippen LogP contribution is 2.31. The van der Waals surface area contributed by atoms with E-state index < -0.39 is 0 Å². The van der Waals surface area contributed by atoms with Crippen molar-refractivity contribution >= 4 is 6.03 Å². The van der Waals surface area contributed by atoms with Crippen LogP contribution in [-0.2, 0) is 0 Å². The summed E-state index contributed by atoms with van der Waals surface area (Å²) < 4.78 is 11.6. The van der Waals surface area contributed by atoms with Crippen LogP contribution in [0.25, 0.3) is 0 Å². The summed E-state index contributed by atoms with van der Waals surface area (Å²) in [5, 5.41) is 3.10. The Morgan fingerprint density at radius 1 is 1.24 bits per heavy atom. The van der Waals surface area contributed by atoms with Gasteiger partial charge in [0, 0.05) is 13.1 Å². The topological polar surface area (TPSA) is 50.8 Å². The van der Waals surface area contributed by atoms with Crippen LogP contribution in [0.4, 0.5) is 4.79 Å². The number of amides is 2. The van der Waals surface area contributed by atoms with Gasteiger partial charge in [-0.2, -0.15) is 0 Å². The maximum Gasteiger partial charge on any atom is 0.317 e. The summed E-state index contributed by atoms with van der Waals surface area (Å²) in [6.45, 7) is 11.3. The highest BCUT2D eigenvalue weighted by atomic mass is 16.5. The molecular formula is C20H32N2O3. The maximum atomic E-state index is 12.4. The van der Waals surface area contributed by atoms with E-state index in [0.29, 0.717) is 19.1 Å². The minimum Gasteiger partial charge on any atom is -0.490 e. The summed E-state index contributed by atoms with van der Waals surface area (Å²) in [5.74, 6) is 2.11. The van der Waals surface area contributed by atoms with Crippen molar-refractivity contribution in [3.63, 3.8) is 0 Å². The number of urea groups is 1. The van der Waals surface area contributed by atoms with Gasteiger partial charge in [-0.3, -0.25) is 0 Å². The zero-order valence-electron chi connectivity index (χ0n) is 16.0. The summed E-state index contributed by atoms with van der Waals surface area (Å²) in [7, 11) is 0. The number of nitrogens with one attached hydrogen (secondary N) is 1. The van der Waals surface area contributed by atoms with Crippen LogP contribution in [0.2, 0.25) is 0 Å². The molecule has 1 aliphatic rings. The molecule has 140 valence electrons. The maximum absolute atomic E-state index is 12.4. The fourth-order valence-electron chi connectivity index (χ4n) is 2.93. The van der Waals surface area contributed by atoms with E-state index in [1.165, 1.54) is 0 Å². The Balaban J connectivity index is 2.04. The summed E-state index contributed by atoms with van der Waals surface area (Å²) in [6, 6.07) is 5.86. The fraction of sp³-hybridized carbons (Fsp3) is 0.650. The summed E-state index contributed by atoms with van der Waals surface area (Å²) >= 11 is 0. The molecule has 2 rings (SSSR count). The van der Waals surface area contributed by atoms with Crippen LogP contribution in [0.5, 0.6) is 11.5 Å². The Morgan fingerprint density at radius 3 is 2.52 bits per heavy atom. The molecule has 2 unspecified atom stereocenters. The van der Waals surface area contributed by atoms with Crippen molar-refractivity contribution in [2.45, 2.75) is 53.0 Å². The number of benzene rings is 1. The Bertz CT molecular complexity index is 562. The first kappa shape index (κ1) is 19.4. The molecule has 1 aromatic rings. The Labute approximate surface area is 151 Å². The first-order valence-corrected chi connectivity index (χ1v) is 9.50. The molecule has 0 radical (unpaired) electrons. The lowest BCUT2D eigenvalue weighted by Crippen LogP contribution is -2.39. The van der Waals surface area contributed by atoms with Gasteiger partial charge in [0.1, 0.15) is 0 Å². The van der Waals surface area contributed by atoms with Crippen molar-refractivity contribution in [2.24, 2.45) is 5.92 Å². The predicted octanol–water partition coefficient (Wildman–Crippen LogP) is 4.38. The highest BCUT2D eigenvalue weighted by molar-refractivity contribution is 5.75. The third-order valence-corrected chi connectivity index (χ3v) is 4.44. The number of carbonyl (C=O) groups is 1. The fourth-order valence-corrected chi connectivity index (χ4v) is 2.93. The van der Waals surface area contributed by atoms with Gasteiger partial charge in [0.25, 0.3) is 0 Å². The molecule has 5 nitrogen and oxygen atoms in total. The molecule has 0 aliphatic carbocycles. The van der Waals surface area contributed by atoms with E-state index in [9.17, 15) is 4.79 Å². The second-order valence-electron chi connectivity index (χ2n) is 6.91. The van der Waals surface area contributed by atoms with Crippen LogP contribution in [0.1, 0.15) is 58.6 Å². The molecule has 1 heterocycles. The van der Waals surface area contributed by atoms with Crippen molar-refractivity contribution in [1.82, 2.24) is 10.2 Å². The summed E-state index contributed by atoms with van der Waals surface area (Å²) in [5.41, 5.74) is 1.02. The number of nitrogens with zero attached hydrogens (tertiary/aromatic N) is 1. The second kappa shape index (κ2) is 9.54. The number of rotatable bonds is 8. The molecule has 0 spiro atoms. The van der Waals surface area contributed by atoms with Gasteiger partial charge < -0.3 is 19.7 Å². The zero-order chi connectivity index (χ0) is 18.2. The number of likely N-dealkylation sites (tertiary alicyclic amines) is 1. The molecule has 0 bridgehead atoms. The van der Waals surface area contributed by atoms with Gasteiger partial charge in [0.2, 0.25) is 0 Å². The lowest BCUT2D eigenvalue weighted by atomic mass is 10.1. The predicted molar refractivity (Wildman–Crippen MR) is 100 cm³/mol.